The lowest BCUT2D eigenvalue weighted by Crippen LogP contribution is -2.40. The molecule has 3 amide bonds. The minimum Gasteiger partial charge on any atom is -0.467 e. The molecule has 0 radical (unpaired) electrons. The summed E-state index contributed by atoms with van der Waals surface area (Å²) in [5, 5.41) is 7.55. The van der Waals surface area contributed by atoms with E-state index >= 15 is 0 Å². The third kappa shape index (κ3) is 6.61. The molecule has 152 valence electrons. The molecular formula is C19H20N4O5S. The topological polar surface area (TPSA) is 118 Å². The van der Waals surface area contributed by atoms with E-state index in [-0.39, 0.29) is 50.2 Å². The van der Waals surface area contributed by atoms with Crippen molar-refractivity contribution in [3.8, 4) is 0 Å². The molecule has 0 aromatic carbocycles. The zero-order valence-corrected chi connectivity index (χ0v) is 16.3. The molecule has 0 saturated carbocycles. The number of aromatic nitrogens is 1. The third-order valence-corrected chi connectivity index (χ3v) is 4.59. The van der Waals surface area contributed by atoms with Gasteiger partial charge in [-0.3, -0.25) is 14.4 Å². The molecule has 3 aromatic rings. The zero-order valence-electron chi connectivity index (χ0n) is 15.5. The van der Waals surface area contributed by atoms with Gasteiger partial charge in [-0.05, 0) is 24.3 Å². The van der Waals surface area contributed by atoms with Gasteiger partial charge in [-0.2, -0.15) is 0 Å². The van der Waals surface area contributed by atoms with Gasteiger partial charge in [0, 0.05) is 24.4 Å². The molecule has 10 heteroatoms. The van der Waals surface area contributed by atoms with Crippen molar-refractivity contribution < 1.29 is 23.2 Å². The fourth-order valence-corrected chi connectivity index (χ4v) is 3.04. The Morgan fingerprint density at radius 2 is 1.79 bits per heavy atom. The van der Waals surface area contributed by atoms with Crippen molar-refractivity contribution in [2.24, 2.45) is 0 Å². The number of rotatable bonds is 10. The Bertz CT molecular complexity index is 907. The first-order valence-corrected chi connectivity index (χ1v) is 9.76. The minimum absolute atomic E-state index is 0.0128. The summed E-state index contributed by atoms with van der Waals surface area (Å²) in [6.45, 7) is 0.202. The molecule has 0 unspecified atom stereocenters. The highest BCUT2D eigenvalue weighted by molar-refractivity contribution is 7.13. The monoisotopic (exact) mass is 416 g/mol. The van der Waals surface area contributed by atoms with Crippen molar-refractivity contribution in [1.29, 1.82) is 0 Å². The van der Waals surface area contributed by atoms with Crippen LogP contribution in [0.1, 0.15) is 24.4 Å². The molecular weight excluding hydrogens is 396 g/mol. The van der Waals surface area contributed by atoms with Crippen molar-refractivity contribution in [3.63, 3.8) is 0 Å². The maximum Gasteiger partial charge on any atom is 0.240 e. The van der Waals surface area contributed by atoms with Crippen LogP contribution in [0.4, 0.5) is 5.13 Å². The summed E-state index contributed by atoms with van der Waals surface area (Å²) in [5.41, 5.74) is 0. The van der Waals surface area contributed by atoms with Crippen molar-refractivity contribution in [2.45, 2.75) is 25.9 Å². The van der Waals surface area contributed by atoms with E-state index in [2.05, 4.69) is 15.6 Å². The first kappa shape index (κ1) is 20.3. The third-order valence-electron chi connectivity index (χ3n) is 3.90. The van der Waals surface area contributed by atoms with Crippen LogP contribution in [0.25, 0.3) is 0 Å². The number of hydrogen-bond donors (Lipinski definition) is 2. The van der Waals surface area contributed by atoms with Crippen molar-refractivity contribution in [3.05, 3.63) is 59.9 Å². The summed E-state index contributed by atoms with van der Waals surface area (Å²) in [6.07, 6.45) is 4.55. The summed E-state index contributed by atoms with van der Waals surface area (Å²) >= 11 is 1.30. The summed E-state index contributed by atoms with van der Waals surface area (Å²) in [7, 11) is 0. The van der Waals surface area contributed by atoms with Crippen LogP contribution >= 0.6 is 11.3 Å². The Morgan fingerprint density at radius 3 is 2.45 bits per heavy atom. The van der Waals surface area contributed by atoms with Gasteiger partial charge in [-0.15, -0.1) is 11.3 Å². The van der Waals surface area contributed by atoms with E-state index in [9.17, 15) is 14.4 Å². The van der Waals surface area contributed by atoms with Gasteiger partial charge in [-0.1, -0.05) is 0 Å². The van der Waals surface area contributed by atoms with Crippen LogP contribution in [-0.4, -0.2) is 34.2 Å². The molecule has 3 rings (SSSR count). The van der Waals surface area contributed by atoms with Crippen LogP contribution < -0.4 is 10.6 Å². The Kier molecular flexibility index (Phi) is 7.17. The van der Waals surface area contributed by atoms with Crippen LogP contribution in [0.5, 0.6) is 0 Å². The Hall–Kier alpha value is -3.40. The number of anilines is 1. The number of nitrogens with zero attached hydrogens (tertiary/aromatic N) is 2. The average Bonchev–Trinajstić information content (AvgIpc) is 3.47. The molecule has 0 bridgehead atoms. The molecule has 29 heavy (non-hydrogen) atoms. The predicted octanol–water partition coefficient (Wildman–Crippen LogP) is 2.39. The SMILES string of the molecule is O=C(CN(Cc1ccco1)C(=O)CCC(=O)Nc1nccs1)NCc1ccco1. The van der Waals surface area contributed by atoms with Crippen LogP contribution in [0, 0.1) is 0 Å². The summed E-state index contributed by atoms with van der Waals surface area (Å²) < 4.78 is 10.5. The zero-order chi connectivity index (χ0) is 20.5. The lowest BCUT2D eigenvalue weighted by Gasteiger charge is -2.21. The quantitative estimate of drug-likeness (QED) is 0.524. The van der Waals surface area contributed by atoms with Crippen LogP contribution in [0.3, 0.4) is 0 Å². The fourth-order valence-electron chi connectivity index (χ4n) is 2.50. The predicted molar refractivity (Wildman–Crippen MR) is 105 cm³/mol. The van der Waals surface area contributed by atoms with Gasteiger partial charge >= 0.3 is 0 Å². The molecule has 0 fully saturated rings. The standard InChI is InChI=1S/C19H20N4O5S/c24-16(22-19-20-7-10-29-19)5-6-18(26)23(12-15-4-2-9-28-15)13-17(25)21-11-14-3-1-8-27-14/h1-4,7-10H,5-6,11-13H2,(H,21,25)(H,20,22,24). The maximum absolute atomic E-state index is 12.6. The number of carbonyl (C=O) groups is 3. The lowest BCUT2D eigenvalue weighted by molar-refractivity contribution is -0.137. The van der Waals surface area contributed by atoms with Crippen LogP contribution in [0.15, 0.2) is 57.2 Å². The van der Waals surface area contributed by atoms with Gasteiger partial charge < -0.3 is 24.4 Å². The number of thiazole rings is 1. The van der Waals surface area contributed by atoms with Gasteiger partial charge in [0.1, 0.15) is 11.5 Å². The average molecular weight is 416 g/mol. The first-order chi connectivity index (χ1) is 14.1. The van der Waals surface area contributed by atoms with Gasteiger partial charge in [-0.25, -0.2) is 4.98 Å². The Morgan fingerprint density at radius 1 is 1.03 bits per heavy atom. The normalized spacial score (nSPS) is 10.5. The molecule has 0 aliphatic heterocycles. The van der Waals surface area contributed by atoms with E-state index in [0.717, 1.165) is 0 Å². The van der Waals surface area contributed by atoms with Gasteiger partial charge in [0.05, 0.1) is 32.2 Å². The molecule has 2 N–H and O–H groups in total. The Labute approximate surface area is 170 Å². The highest BCUT2D eigenvalue weighted by atomic mass is 32.1. The molecule has 3 heterocycles. The highest BCUT2D eigenvalue weighted by Crippen LogP contribution is 2.12. The van der Waals surface area contributed by atoms with E-state index in [1.165, 1.54) is 28.8 Å². The molecule has 0 saturated heterocycles. The molecule has 0 atom stereocenters. The summed E-state index contributed by atoms with van der Waals surface area (Å²) in [5.74, 6) is 0.177. The number of carbonyl (C=O) groups excluding carboxylic acids is 3. The van der Waals surface area contributed by atoms with Crippen LogP contribution in [-0.2, 0) is 27.5 Å². The largest absolute Gasteiger partial charge is 0.467 e. The van der Waals surface area contributed by atoms with Gasteiger partial charge in [0.15, 0.2) is 5.13 Å². The lowest BCUT2D eigenvalue weighted by atomic mass is 10.2. The first-order valence-electron chi connectivity index (χ1n) is 8.89. The van der Waals surface area contributed by atoms with Crippen molar-refractivity contribution in [1.82, 2.24) is 15.2 Å². The second-order valence-corrected chi connectivity index (χ2v) is 6.97. The Balaban J connectivity index is 1.52. The highest BCUT2D eigenvalue weighted by Gasteiger charge is 2.20. The second kappa shape index (κ2) is 10.2. The number of amides is 3. The minimum atomic E-state index is -0.339. The van der Waals surface area contributed by atoms with E-state index in [0.29, 0.717) is 16.7 Å². The van der Waals surface area contributed by atoms with Crippen LogP contribution in [0.2, 0.25) is 0 Å². The molecule has 3 aromatic heterocycles. The summed E-state index contributed by atoms with van der Waals surface area (Å²) in [4.78, 5) is 42.2. The van der Waals surface area contributed by atoms with Crippen molar-refractivity contribution >= 4 is 34.2 Å². The van der Waals surface area contributed by atoms with E-state index in [1.807, 2.05) is 0 Å². The smallest absolute Gasteiger partial charge is 0.240 e. The van der Waals surface area contributed by atoms with Gasteiger partial charge in [0.2, 0.25) is 17.7 Å². The fraction of sp³-hybridized carbons (Fsp3) is 0.263. The van der Waals surface area contributed by atoms with Gasteiger partial charge in [0.25, 0.3) is 0 Å². The number of furan rings is 2. The number of hydrogen-bond acceptors (Lipinski definition) is 7. The van der Waals surface area contributed by atoms with Crippen molar-refractivity contribution in [2.75, 3.05) is 11.9 Å². The summed E-state index contributed by atoms with van der Waals surface area (Å²) in [6, 6.07) is 6.89. The van der Waals surface area contributed by atoms with E-state index in [4.69, 9.17) is 8.83 Å². The van der Waals surface area contributed by atoms with E-state index < -0.39 is 0 Å². The molecule has 0 aliphatic rings. The molecule has 9 nitrogen and oxygen atoms in total. The molecule has 0 spiro atoms. The molecule has 0 aliphatic carbocycles. The second-order valence-electron chi connectivity index (χ2n) is 6.07. The number of nitrogens with one attached hydrogen (secondary N) is 2. The maximum atomic E-state index is 12.6. The van der Waals surface area contributed by atoms with E-state index in [1.54, 1.807) is 35.8 Å².